The molecule has 1 fully saturated rings. The maximum absolute atomic E-state index is 12.7. The SMILES string of the molecule is O=S(=O)(Cc1ccc(Cl)cc1)N1CCCC(Oc2ncc(Cl)cn2)C1. The first kappa shape index (κ1) is 18.4. The highest BCUT2D eigenvalue weighted by Gasteiger charge is 2.30. The zero-order chi connectivity index (χ0) is 17.9. The van der Waals surface area contributed by atoms with Gasteiger partial charge in [0.2, 0.25) is 10.0 Å². The molecule has 0 bridgehead atoms. The zero-order valence-electron chi connectivity index (χ0n) is 13.3. The summed E-state index contributed by atoms with van der Waals surface area (Å²) in [5.74, 6) is -0.0612. The van der Waals surface area contributed by atoms with E-state index in [1.54, 1.807) is 24.3 Å². The first-order valence-corrected chi connectivity index (χ1v) is 10.2. The Morgan fingerprint density at radius 3 is 2.48 bits per heavy atom. The number of piperidine rings is 1. The summed E-state index contributed by atoms with van der Waals surface area (Å²) in [6.07, 6.45) is 4.08. The van der Waals surface area contributed by atoms with E-state index in [4.69, 9.17) is 27.9 Å². The smallest absolute Gasteiger partial charge is 0.316 e. The summed E-state index contributed by atoms with van der Waals surface area (Å²) in [4.78, 5) is 7.98. The van der Waals surface area contributed by atoms with Gasteiger partial charge in [0.15, 0.2) is 0 Å². The molecular formula is C16H17Cl2N3O3S. The van der Waals surface area contributed by atoms with Crippen LogP contribution in [0.25, 0.3) is 0 Å². The van der Waals surface area contributed by atoms with Gasteiger partial charge in [0, 0.05) is 11.6 Å². The lowest BCUT2D eigenvalue weighted by Crippen LogP contribution is -2.44. The fraction of sp³-hybridized carbons (Fsp3) is 0.375. The quantitative estimate of drug-likeness (QED) is 0.768. The standard InChI is InChI=1S/C16H17Cl2N3O3S/c17-13-5-3-12(4-6-13)11-25(22,23)21-7-1-2-15(10-21)24-16-19-8-14(18)9-20-16/h3-6,8-9,15H,1-2,7,10-11H2. The van der Waals surface area contributed by atoms with Gasteiger partial charge < -0.3 is 4.74 Å². The molecule has 0 saturated carbocycles. The largest absolute Gasteiger partial charge is 0.459 e. The molecule has 0 spiro atoms. The molecule has 1 aromatic carbocycles. The van der Waals surface area contributed by atoms with Gasteiger partial charge in [-0.1, -0.05) is 35.3 Å². The van der Waals surface area contributed by atoms with Gasteiger partial charge in [-0.15, -0.1) is 0 Å². The van der Waals surface area contributed by atoms with Gasteiger partial charge in [0.25, 0.3) is 0 Å². The molecule has 2 aromatic rings. The summed E-state index contributed by atoms with van der Waals surface area (Å²) < 4.78 is 32.5. The number of halogens is 2. The first-order valence-electron chi connectivity index (χ1n) is 7.79. The van der Waals surface area contributed by atoms with Crippen molar-refractivity contribution in [2.24, 2.45) is 0 Å². The van der Waals surface area contributed by atoms with Crippen molar-refractivity contribution in [1.82, 2.24) is 14.3 Å². The number of hydrogen-bond donors (Lipinski definition) is 0. The summed E-state index contributed by atoms with van der Waals surface area (Å²) in [7, 11) is -3.43. The van der Waals surface area contributed by atoms with Crippen LogP contribution in [0.5, 0.6) is 6.01 Å². The molecular weight excluding hydrogens is 385 g/mol. The molecule has 3 rings (SSSR count). The molecule has 1 unspecified atom stereocenters. The van der Waals surface area contributed by atoms with E-state index in [2.05, 4.69) is 9.97 Å². The predicted molar refractivity (Wildman–Crippen MR) is 96.3 cm³/mol. The maximum atomic E-state index is 12.7. The molecule has 1 aromatic heterocycles. The minimum Gasteiger partial charge on any atom is -0.459 e. The molecule has 9 heteroatoms. The van der Waals surface area contributed by atoms with Gasteiger partial charge in [0.1, 0.15) is 6.10 Å². The third-order valence-electron chi connectivity index (χ3n) is 3.87. The average molecular weight is 402 g/mol. The third-order valence-corrected chi connectivity index (χ3v) is 6.13. The fourth-order valence-corrected chi connectivity index (χ4v) is 4.47. The molecule has 1 atom stereocenters. The number of benzene rings is 1. The minimum absolute atomic E-state index is 0.0612. The van der Waals surface area contributed by atoms with Crippen LogP contribution < -0.4 is 4.74 Å². The predicted octanol–water partition coefficient (Wildman–Crippen LogP) is 3.16. The second-order valence-electron chi connectivity index (χ2n) is 5.81. The second kappa shape index (κ2) is 7.86. The van der Waals surface area contributed by atoms with Gasteiger partial charge >= 0.3 is 6.01 Å². The Hall–Kier alpha value is -1.41. The van der Waals surface area contributed by atoms with E-state index in [1.165, 1.54) is 16.7 Å². The van der Waals surface area contributed by atoms with Gasteiger partial charge in [-0.25, -0.2) is 18.4 Å². The van der Waals surface area contributed by atoms with E-state index in [0.717, 1.165) is 12.8 Å². The molecule has 1 saturated heterocycles. The molecule has 6 nitrogen and oxygen atoms in total. The lowest BCUT2D eigenvalue weighted by atomic mass is 10.1. The number of hydrogen-bond acceptors (Lipinski definition) is 5. The monoisotopic (exact) mass is 401 g/mol. The van der Waals surface area contributed by atoms with Crippen LogP contribution in [0.2, 0.25) is 10.0 Å². The van der Waals surface area contributed by atoms with Gasteiger partial charge in [0.05, 0.1) is 29.7 Å². The van der Waals surface area contributed by atoms with Crippen LogP contribution in [-0.2, 0) is 15.8 Å². The summed E-state index contributed by atoms with van der Waals surface area (Å²) >= 11 is 11.6. The van der Waals surface area contributed by atoms with Crippen molar-refractivity contribution in [1.29, 1.82) is 0 Å². The number of nitrogens with zero attached hydrogens (tertiary/aromatic N) is 3. The molecule has 0 N–H and O–H groups in total. The van der Waals surface area contributed by atoms with Crippen molar-refractivity contribution in [3.63, 3.8) is 0 Å². The van der Waals surface area contributed by atoms with Crippen molar-refractivity contribution in [2.75, 3.05) is 13.1 Å². The van der Waals surface area contributed by atoms with Crippen LogP contribution in [0.4, 0.5) is 0 Å². The highest BCUT2D eigenvalue weighted by molar-refractivity contribution is 7.88. The van der Waals surface area contributed by atoms with Crippen molar-refractivity contribution in [3.8, 4) is 6.01 Å². The Kier molecular flexibility index (Phi) is 5.78. The van der Waals surface area contributed by atoms with E-state index < -0.39 is 10.0 Å². The Morgan fingerprint density at radius 1 is 1.12 bits per heavy atom. The van der Waals surface area contributed by atoms with E-state index >= 15 is 0 Å². The fourth-order valence-electron chi connectivity index (χ4n) is 2.65. The third kappa shape index (κ3) is 5.04. The highest BCUT2D eigenvalue weighted by atomic mass is 35.5. The Bertz CT molecular complexity index is 814. The van der Waals surface area contributed by atoms with Gasteiger partial charge in [-0.05, 0) is 30.5 Å². The van der Waals surface area contributed by atoms with E-state index in [-0.39, 0.29) is 24.4 Å². The number of ether oxygens (including phenoxy) is 1. The average Bonchev–Trinajstić information content (AvgIpc) is 2.59. The molecule has 0 amide bonds. The second-order valence-corrected chi connectivity index (χ2v) is 8.65. The molecule has 1 aliphatic rings. The van der Waals surface area contributed by atoms with Crippen molar-refractivity contribution in [2.45, 2.75) is 24.7 Å². The minimum atomic E-state index is -3.43. The summed E-state index contributed by atoms with van der Waals surface area (Å²) in [5.41, 5.74) is 0.702. The van der Waals surface area contributed by atoms with Gasteiger partial charge in [-0.2, -0.15) is 4.31 Å². The van der Waals surface area contributed by atoms with Gasteiger partial charge in [-0.3, -0.25) is 0 Å². The summed E-state index contributed by atoms with van der Waals surface area (Å²) in [6, 6.07) is 7.02. The molecule has 1 aliphatic heterocycles. The Balaban J connectivity index is 1.65. The van der Waals surface area contributed by atoms with Crippen LogP contribution >= 0.6 is 23.2 Å². The van der Waals surface area contributed by atoms with Crippen molar-refractivity contribution in [3.05, 3.63) is 52.3 Å². The molecule has 0 radical (unpaired) electrons. The highest BCUT2D eigenvalue weighted by Crippen LogP contribution is 2.21. The Labute approximate surface area is 156 Å². The van der Waals surface area contributed by atoms with E-state index in [0.29, 0.717) is 22.2 Å². The molecule has 25 heavy (non-hydrogen) atoms. The Morgan fingerprint density at radius 2 is 1.80 bits per heavy atom. The summed E-state index contributed by atoms with van der Waals surface area (Å²) in [6.45, 7) is 0.763. The van der Waals surface area contributed by atoms with Crippen LogP contribution in [-0.4, -0.2) is 41.9 Å². The molecule has 2 heterocycles. The topological polar surface area (TPSA) is 72.4 Å². The lowest BCUT2D eigenvalue weighted by Gasteiger charge is -2.31. The number of sulfonamides is 1. The van der Waals surface area contributed by atoms with E-state index in [1.807, 2.05) is 0 Å². The van der Waals surface area contributed by atoms with E-state index in [9.17, 15) is 8.42 Å². The number of aromatic nitrogens is 2. The van der Waals surface area contributed by atoms with Crippen LogP contribution in [0.1, 0.15) is 18.4 Å². The molecule has 0 aliphatic carbocycles. The maximum Gasteiger partial charge on any atom is 0.316 e. The van der Waals surface area contributed by atoms with Crippen LogP contribution in [0, 0.1) is 0 Å². The molecule has 134 valence electrons. The van der Waals surface area contributed by atoms with Crippen molar-refractivity contribution >= 4 is 33.2 Å². The lowest BCUT2D eigenvalue weighted by molar-refractivity contribution is 0.119. The van der Waals surface area contributed by atoms with Crippen LogP contribution in [0.15, 0.2) is 36.7 Å². The number of rotatable bonds is 5. The summed E-state index contributed by atoms with van der Waals surface area (Å²) in [5, 5.41) is 0.999. The van der Waals surface area contributed by atoms with Crippen molar-refractivity contribution < 1.29 is 13.2 Å². The normalized spacial score (nSPS) is 18.9. The van der Waals surface area contributed by atoms with Crippen LogP contribution in [0.3, 0.4) is 0 Å². The first-order chi connectivity index (χ1) is 11.9. The zero-order valence-corrected chi connectivity index (χ0v) is 15.6.